The molecule has 0 atom stereocenters. The summed E-state index contributed by atoms with van der Waals surface area (Å²) in [4.78, 5) is 13.8. The molecule has 0 unspecified atom stereocenters. The van der Waals surface area contributed by atoms with Crippen molar-refractivity contribution in [1.82, 2.24) is 4.90 Å². The lowest BCUT2D eigenvalue weighted by Gasteiger charge is -2.30. The number of piperidine rings is 1. The van der Waals surface area contributed by atoms with Gasteiger partial charge in [-0.25, -0.2) is 0 Å². The van der Waals surface area contributed by atoms with Crippen LogP contribution in [0.5, 0.6) is 0 Å². The fraction of sp³-hybridized carbons (Fsp3) is 0.533. The van der Waals surface area contributed by atoms with Crippen molar-refractivity contribution in [2.24, 2.45) is 5.92 Å². The zero-order valence-electron chi connectivity index (χ0n) is 11.3. The van der Waals surface area contributed by atoms with E-state index in [0.717, 1.165) is 38.0 Å². The lowest BCUT2D eigenvalue weighted by atomic mass is 9.96. The van der Waals surface area contributed by atoms with Crippen molar-refractivity contribution in [3.8, 4) is 0 Å². The van der Waals surface area contributed by atoms with Crippen LogP contribution in [-0.4, -0.2) is 36.2 Å². The van der Waals surface area contributed by atoms with Gasteiger partial charge in [0.15, 0.2) is 0 Å². The van der Waals surface area contributed by atoms with Gasteiger partial charge in [0, 0.05) is 6.54 Å². The molecule has 1 aromatic carbocycles. The lowest BCUT2D eigenvalue weighted by Crippen LogP contribution is -2.36. The first kappa shape index (κ1) is 14.0. The number of ether oxygens (including phenoxy) is 1. The molecule has 1 aromatic rings. The van der Waals surface area contributed by atoms with E-state index in [1.54, 1.807) is 0 Å². The van der Waals surface area contributed by atoms with Crippen molar-refractivity contribution in [2.75, 3.05) is 20.2 Å². The third kappa shape index (κ3) is 3.78. The highest BCUT2D eigenvalue weighted by atomic mass is 16.5. The van der Waals surface area contributed by atoms with Crippen molar-refractivity contribution in [1.29, 1.82) is 0 Å². The fourth-order valence-electron chi connectivity index (χ4n) is 2.50. The second kappa shape index (κ2) is 6.68. The summed E-state index contributed by atoms with van der Waals surface area (Å²) >= 11 is 0. The zero-order valence-corrected chi connectivity index (χ0v) is 11.3. The maximum atomic E-state index is 11.4. The van der Waals surface area contributed by atoms with Crippen molar-refractivity contribution in [2.45, 2.75) is 26.0 Å². The normalized spacial score (nSPS) is 17.4. The molecule has 4 heteroatoms. The number of aliphatic hydroxyl groups excluding tert-OH is 1. The van der Waals surface area contributed by atoms with Gasteiger partial charge < -0.3 is 9.84 Å². The average Bonchev–Trinajstić information content (AvgIpc) is 2.48. The summed E-state index contributed by atoms with van der Waals surface area (Å²) in [5, 5.41) is 9.00. The molecule has 1 fully saturated rings. The van der Waals surface area contributed by atoms with Crippen LogP contribution in [0.2, 0.25) is 0 Å². The molecular weight excluding hydrogens is 242 g/mol. The summed E-state index contributed by atoms with van der Waals surface area (Å²) in [7, 11) is 1.46. The molecular formula is C15H21NO3. The van der Waals surface area contributed by atoms with Crippen molar-refractivity contribution < 1.29 is 14.6 Å². The molecule has 0 spiro atoms. The van der Waals surface area contributed by atoms with Crippen LogP contribution in [0.3, 0.4) is 0 Å². The largest absolute Gasteiger partial charge is 0.469 e. The molecule has 2 rings (SSSR count). The van der Waals surface area contributed by atoms with E-state index < -0.39 is 0 Å². The van der Waals surface area contributed by atoms with Gasteiger partial charge in [0.1, 0.15) is 0 Å². The number of aliphatic hydroxyl groups is 1. The second-order valence-electron chi connectivity index (χ2n) is 5.05. The Labute approximate surface area is 114 Å². The van der Waals surface area contributed by atoms with Crippen molar-refractivity contribution >= 4 is 5.97 Å². The molecule has 1 N–H and O–H groups in total. The molecule has 0 radical (unpaired) electrons. The van der Waals surface area contributed by atoms with Gasteiger partial charge in [0.2, 0.25) is 0 Å². The molecule has 1 heterocycles. The molecule has 0 amide bonds. The Kier molecular flexibility index (Phi) is 4.93. The molecule has 0 saturated carbocycles. The van der Waals surface area contributed by atoms with Crippen LogP contribution in [0.1, 0.15) is 24.0 Å². The van der Waals surface area contributed by atoms with E-state index in [2.05, 4.69) is 17.0 Å². The summed E-state index contributed by atoms with van der Waals surface area (Å²) in [6.07, 6.45) is 1.75. The minimum absolute atomic E-state index is 0.0676. The Morgan fingerprint density at radius 3 is 2.37 bits per heavy atom. The zero-order chi connectivity index (χ0) is 13.7. The SMILES string of the molecule is COC(=O)C1CCN(Cc2ccc(CO)cc2)CC1. The van der Waals surface area contributed by atoms with E-state index in [9.17, 15) is 4.79 Å². The Morgan fingerprint density at radius 2 is 1.84 bits per heavy atom. The van der Waals surface area contributed by atoms with Gasteiger partial charge in [0.25, 0.3) is 0 Å². The Bertz CT molecular complexity index is 408. The van der Waals surface area contributed by atoms with Crippen LogP contribution in [0, 0.1) is 5.92 Å². The number of benzene rings is 1. The minimum atomic E-state index is -0.0769. The third-order valence-electron chi connectivity index (χ3n) is 3.73. The lowest BCUT2D eigenvalue weighted by molar-refractivity contribution is -0.147. The maximum absolute atomic E-state index is 11.4. The van der Waals surface area contributed by atoms with Crippen LogP contribution in [-0.2, 0) is 22.7 Å². The topological polar surface area (TPSA) is 49.8 Å². The first-order valence-corrected chi connectivity index (χ1v) is 6.72. The standard InChI is InChI=1S/C15H21NO3/c1-19-15(18)14-6-8-16(9-7-14)10-12-2-4-13(11-17)5-3-12/h2-5,14,17H,6-11H2,1H3. The van der Waals surface area contributed by atoms with Crippen LogP contribution >= 0.6 is 0 Å². The van der Waals surface area contributed by atoms with Gasteiger partial charge in [0.05, 0.1) is 19.6 Å². The Balaban J connectivity index is 1.83. The number of carbonyl (C=O) groups is 1. The number of nitrogens with zero attached hydrogens (tertiary/aromatic N) is 1. The molecule has 0 aliphatic carbocycles. The smallest absolute Gasteiger partial charge is 0.308 e. The summed E-state index contributed by atoms with van der Waals surface area (Å²) in [6, 6.07) is 8.02. The van der Waals surface area contributed by atoms with Gasteiger partial charge in [-0.15, -0.1) is 0 Å². The molecule has 1 saturated heterocycles. The Morgan fingerprint density at radius 1 is 1.26 bits per heavy atom. The van der Waals surface area contributed by atoms with E-state index in [1.165, 1.54) is 12.7 Å². The minimum Gasteiger partial charge on any atom is -0.469 e. The molecule has 19 heavy (non-hydrogen) atoms. The maximum Gasteiger partial charge on any atom is 0.308 e. The van der Waals surface area contributed by atoms with E-state index in [-0.39, 0.29) is 18.5 Å². The molecule has 104 valence electrons. The van der Waals surface area contributed by atoms with Crippen LogP contribution < -0.4 is 0 Å². The molecule has 0 aromatic heterocycles. The number of hydrogen-bond donors (Lipinski definition) is 1. The van der Waals surface area contributed by atoms with Crippen LogP contribution in [0.4, 0.5) is 0 Å². The predicted octanol–water partition coefficient (Wildman–Crippen LogP) is 1.56. The highest BCUT2D eigenvalue weighted by molar-refractivity contribution is 5.72. The molecule has 1 aliphatic rings. The fourth-order valence-corrected chi connectivity index (χ4v) is 2.50. The van der Waals surface area contributed by atoms with Gasteiger partial charge in [-0.3, -0.25) is 9.69 Å². The van der Waals surface area contributed by atoms with Crippen molar-refractivity contribution in [3.05, 3.63) is 35.4 Å². The first-order chi connectivity index (χ1) is 9.22. The van der Waals surface area contributed by atoms with Gasteiger partial charge in [-0.2, -0.15) is 0 Å². The number of carbonyl (C=O) groups excluding carboxylic acids is 1. The quantitative estimate of drug-likeness (QED) is 0.838. The number of methoxy groups -OCH3 is 1. The second-order valence-corrected chi connectivity index (χ2v) is 5.05. The summed E-state index contributed by atoms with van der Waals surface area (Å²) < 4.78 is 4.79. The number of likely N-dealkylation sites (tertiary alicyclic amines) is 1. The monoisotopic (exact) mass is 263 g/mol. The number of rotatable bonds is 4. The highest BCUT2D eigenvalue weighted by Crippen LogP contribution is 2.20. The molecule has 1 aliphatic heterocycles. The third-order valence-corrected chi connectivity index (χ3v) is 3.73. The van der Waals surface area contributed by atoms with Gasteiger partial charge in [-0.05, 0) is 37.1 Å². The molecule has 4 nitrogen and oxygen atoms in total. The van der Waals surface area contributed by atoms with Gasteiger partial charge >= 0.3 is 5.97 Å². The van der Waals surface area contributed by atoms with E-state index in [0.29, 0.717) is 0 Å². The average molecular weight is 263 g/mol. The van der Waals surface area contributed by atoms with E-state index in [1.807, 2.05) is 12.1 Å². The number of esters is 1. The molecule has 0 bridgehead atoms. The summed E-state index contributed by atoms with van der Waals surface area (Å²) in [6.45, 7) is 2.85. The first-order valence-electron chi connectivity index (χ1n) is 6.72. The summed E-state index contributed by atoms with van der Waals surface area (Å²) in [5.74, 6) is -0.00929. The van der Waals surface area contributed by atoms with Crippen molar-refractivity contribution in [3.63, 3.8) is 0 Å². The van der Waals surface area contributed by atoms with Crippen LogP contribution in [0.15, 0.2) is 24.3 Å². The van der Waals surface area contributed by atoms with E-state index >= 15 is 0 Å². The van der Waals surface area contributed by atoms with E-state index in [4.69, 9.17) is 9.84 Å². The number of hydrogen-bond acceptors (Lipinski definition) is 4. The predicted molar refractivity (Wildman–Crippen MR) is 72.4 cm³/mol. The highest BCUT2D eigenvalue weighted by Gasteiger charge is 2.25. The Hall–Kier alpha value is -1.39. The van der Waals surface area contributed by atoms with Crippen LogP contribution in [0.25, 0.3) is 0 Å². The summed E-state index contributed by atoms with van der Waals surface area (Å²) in [5.41, 5.74) is 2.18. The van der Waals surface area contributed by atoms with Gasteiger partial charge in [-0.1, -0.05) is 24.3 Å².